The van der Waals surface area contributed by atoms with E-state index in [2.05, 4.69) is 6.58 Å². The molecule has 0 fully saturated rings. The molecule has 0 bridgehead atoms. The maximum atomic E-state index is 11.1. The van der Waals surface area contributed by atoms with Gasteiger partial charge < -0.3 is 18.0 Å². The molecule has 0 rings (SSSR count). The first-order valence-corrected chi connectivity index (χ1v) is 6.92. The van der Waals surface area contributed by atoms with Gasteiger partial charge in [0.2, 0.25) is 0 Å². The second kappa shape index (κ2) is 9.66. The van der Waals surface area contributed by atoms with Crippen molar-refractivity contribution in [2.24, 2.45) is 0 Å². The molecule has 0 aliphatic carbocycles. The lowest BCUT2D eigenvalue weighted by Crippen LogP contribution is -2.42. The zero-order valence-electron chi connectivity index (χ0n) is 10.9. The molecule has 0 aromatic rings. The lowest BCUT2D eigenvalue weighted by Gasteiger charge is -2.24. The van der Waals surface area contributed by atoms with Gasteiger partial charge in [-0.25, -0.2) is 4.79 Å². The fourth-order valence-electron chi connectivity index (χ4n) is 1.13. The van der Waals surface area contributed by atoms with Crippen LogP contribution in [-0.4, -0.2) is 42.7 Å². The molecular weight excluding hydrogens is 260 g/mol. The summed E-state index contributed by atoms with van der Waals surface area (Å²) in [5.41, 5.74) is 0.397. The van der Waals surface area contributed by atoms with Crippen LogP contribution in [0.2, 0.25) is 6.04 Å². The highest BCUT2D eigenvalue weighted by atomic mass is 32.1. The van der Waals surface area contributed by atoms with Crippen LogP contribution in [0.25, 0.3) is 0 Å². The summed E-state index contributed by atoms with van der Waals surface area (Å²) >= 11 is 0. The molecule has 102 valence electrons. The molecule has 0 amide bonds. The smallest absolute Gasteiger partial charge is 0.462 e. The average molecular weight is 282 g/mol. The summed E-state index contributed by atoms with van der Waals surface area (Å²) in [6.07, 6.45) is 0.640. The Hall–Kier alpha value is -0.343. The molecule has 5 nitrogen and oxygen atoms in total. The SMILES string of the molecule is C=C(C)C(=O)OCCC[Si](OC)(OC)OC.S. The number of carbonyl (C=O) groups excluding carboxylic acids is 1. The van der Waals surface area contributed by atoms with Crippen LogP contribution in [0.4, 0.5) is 0 Å². The zero-order valence-corrected chi connectivity index (χ0v) is 12.9. The van der Waals surface area contributed by atoms with Crippen molar-refractivity contribution < 1.29 is 22.8 Å². The van der Waals surface area contributed by atoms with Crippen molar-refractivity contribution >= 4 is 28.3 Å². The van der Waals surface area contributed by atoms with Gasteiger partial charge in [0, 0.05) is 32.9 Å². The van der Waals surface area contributed by atoms with Gasteiger partial charge in [-0.15, -0.1) is 0 Å². The van der Waals surface area contributed by atoms with Gasteiger partial charge in [0.1, 0.15) is 0 Å². The highest BCUT2D eigenvalue weighted by molar-refractivity contribution is 7.59. The number of hydrogen-bond acceptors (Lipinski definition) is 5. The summed E-state index contributed by atoms with van der Waals surface area (Å²) in [4.78, 5) is 11.1. The Morgan fingerprint density at radius 2 is 1.65 bits per heavy atom. The minimum Gasteiger partial charge on any atom is -0.462 e. The van der Waals surface area contributed by atoms with Crippen molar-refractivity contribution in [1.29, 1.82) is 0 Å². The third-order valence-electron chi connectivity index (χ3n) is 2.14. The van der Waals surface area contributed by atoms with Gasteiger partial charge in [-0.05, 0) is 13.3 Å². The van der Waals surface area contributed by atoms with Crippen LogP contribution < -0.4 is 0 Å². The number of esters is 1. The van der Waals surface area contributed by atoms with Gasteiger partial charge in [-0.3, -0.25) is 0 Å². The molecular formula is C10H22O5SSi. The van der Waals surface area contributed by atoms with E-state index in [0.29, 0.717) is 24.6 Å². The number of rotatable bonds is 8. The maximum absolute atomic E-state index is 11.1. The van der Waals surface area contributed by atoms with E-state index >= 15 is 0 Å². The lowest BCUT2D eigenvalue weighted by atomic mass is 10.4. The van der Waals surface area contributed by atoms with Crippen LogP contribution in [0.15, 0.2) is 12.2 Å². The van der Waals surface area contributed by atoms with E-state index in [0.717, 1.165) is 0 Å². The Kier molecular flexibility index (Phi) is 10.8. The molecule has 0 aliphatic heterocycles. The second-order valence-corrected chi connectivity index (χ2v) is 6.41. The minimum atomic E-state index is -2.53. The molecule has 0 N–H and O–H groups in total. The Morgan fingerprint density at radius 3 is 2.00 bits per heavy atom. The summed E-state index contributed by atoms with van der Waals surface area (Å²) in [6, 6.07) is 0.611. The van der Waals surface area contributed by atoms with Crippen LogP contribution in [0.3, 0.4) is 0 Å². The quantitative estimate of drug-likeness (QED) is 0.292. The molecule has 0 saturated heterocycles. The van der Waals surface area contributed by atoms with Crippen molar-refractivity contribution in [2.75, 3.05) is 27.9 Å². The lowest BCUT2D eigenvalue weighted by molar-refractivity contribution is -0.139. The van der Waals surface area contributed by atoms with Crippen LogP contribution in [0.5, 0.6) is 0 Å². The molecule has 0 radical (unpaired) electrons. The van der Waals surface area contributed by atoms with Gasteiger partial charge in [0.25, 0.3) is 0 Å². The monoisotopic (exact) mass is 282 g/mol. The fraction of sp³-hybridized carbons (Fsp3) is 0.700. The van der Waals surface area contributed by atoms with Crippen LogP contribution in [0.1, 0.15) is 13.3 Å². The van der Waals surface area contributed by atoms with E-state index in [9.17, 15) is 4.79 Å². The van der Waals surface area contributed by atoms with E-state index in [4.69, 9.17) is 18.0 Å². The first-order valence-electron chi connectivity index (χ1n) is 4.99. The molecule has 17 heavy (non-hydrogen) atoms. The Balaban J connectivity index is 0. The minimum absolute atomic E-state index is 0. The van der Waals surface area contributed by atoms with Crippen LogP contribution in [0, 0.1) is 0 Å². The van der Waals surface area contributed by atoms with E-state index in [1.807, 2.05) is 0 Å². The molecule has 0 unspecified atom stereocenters. The van der Waals surface area contributed by atoms with Crippen LogP contribution >= 0.6 is 13.5 Å². The van der Waals surface area contributed by atoms with Gasteiger partial charge in [-0.2, -0.15) is 13.5 Å². The highest BCUT2D eigenvalue weighted by Crippen LogP contribution is 2.14. The fourth-order valence-corrected chi connectivity index (χ4v) is 2.82. The maximum Gasteiger partial charge on any atom is 0.500 e. The van der Waals surface area contributed by atoms with Crippen LogP contribution in [-0.2, 0) is 22.8 Å². The standard InChI is InChI=1S/C10H20O5Si.H2S/c1-9(2)10(11)15-7-6-8-16(12-3,13-4)14-5;/h1,6-8H2,2-5H3;1H2. The number of hydrogen-bond donors (Lipinski definition) is 0. The Bertz CT molecular complexity index is 235. The summed E-state index contributed by atoms with van der Waals surface area (Å²) in [7, 11) is 2.13. The normalized spacial score (nSPS) is 10.6. The summed E-state index contributed by atoms with van der Waals surface area (Å²) in [5, 5.41) is 0. The molecule has 0 aromatic carbocycles. The van der Waals surface area contributed by atoms with Gasteiger partial charge >= 0.3 is 14.8 Å². The van der Waals surface area contributed by atoms with Crippen molar-refractivity contribution in [3.63, 3.8) is 0 Å². The van der Waals surface area contributed by atoms with Crippen molar-refractivity contribution in [3.05, 3.63) is 12.2 Å². The van der Waals surface area contributed by atoms with Crippen molar-refractivity contribution in [2.45, 2.75) is 19.4 Å². The van der Waals surface area contributed by atoms with Crippen molar-refractivity contribution in [1.82, 2.24) is 0 Å². The summed E-state index contributed by atoms with van der Waals surface area (Å²) in [6.45, 7) is 5.42. The predicted molar refractivity (Wildman–Crippen MR) is 72.4 cm³/mol. The van der Waals surface area contributed by atoms with E-state index in [-0.39, 0.29) is 19.5 Å². The third kappa shape index (κ3) is 6.84. The summed E-state index contributed by atoms with van der Waals surface area (Å²) < 4.78 is 20.6. The molecule has 0 atom stereocenters. The zero-order chi connectivity index (χ0) is 12.6. The molecule has 0 aromatic heterocycles. The van der Waals surface area contributed by atoms with Crippen molar-refractivity contribution in [3.8, 4) is 0 Å². The molecule has 0 spiro atoms. The van der Waals surface area contributed by atoms with E-state index < -0.39 is 8.80 Å². The Labute approximate surface area is 111 Å². The largest absolute Gasteiger partial charge is 0.500 e. The molecule has 0 saturated carbocycles. The molecule has 0 aliphatic rings. The predicted octanol–water partition coefficient (Wildman–Crippen LogP) is 1.49. The first-order chi connectivity index (χ1) is 7.51. The molecule has 7 heteroatoms. The van der Waals surface area contributed by atoms with Gasteiger partial charge in [0.05, 0.1) is 6.61 Å². The first kappa shape index (κ1) is 19.0. The summed E-state index contributed by atoms with van der Waals surface area (Å²) in [5.74, 6) is -0.375. The van der Waals surface area contributed by atoms with Gasteiger partial charge in [-0.1, -0.05) is 6.58 Å². The average Bonchev–Trinajstić information content (AvgIpc) is 2.30. The third-order valence-corrected chi connectivity index (χ3v) is 4.97. The van der Waals surface area contributed by atoms with Gasteiger partial charge in [0.15, 0.2) is 0 Å². The van der Waals surface area contributed by atoms with E-state index in [1.165, 1.54) is 0 Å². The Morgan fingerprint density at radius 1 is 1.18 bits per heavy atom. The number of carbonyl (C=O) groups is 1. The second-order valence-electron chi connectivity index (χ2n) is 3.32. The highest BCUT2D eigenvalue weighted by Gasteiger charge is 2.36. The topological polar surface area (TPSA) is 54.0 Å². The van der Waals surface area contributed by atoms with E-state index in [1.54, 1.807) is 28.3 Å². The molecule has 0 heterocycles. The number of ether oxygens (including phenoxy) is 1.